The minimum Gasteiger partial charge on any atom is -0.330 e. The number of carbonyl (C=O) groups excluding carboxylic acids is 1. The molecule has 0 radical (unpaired) electrons. The third kappa shape index (κ3) is 2.59. The molecular formula is C11H13F2NO. The first kappa shape index (κ1) is 11.8. The van der Waals surface area contributed by atoms with Crippen LogP contribution in [0.1, 0.15) is 23.7 Å². The molecule has 0 bridgehead atoms. The number of benzene rings is 1. The molecular weight excluding hydrogens is 200 g/mol. The molecule has 2 nitrogen and oxygen atoms in total. The van der Waals surface area contributed by atoms with Gasteiger partial charge in [-0.3, -0.25) is 4.79 Å². The van der Waals surface area contributed by atoms with Crippen LogP contribution in [0.2, 0.25) is 0 Å². The predicted octanol–water partition coefficient (Wildman–Crippen LogP) is 2.13. The summed E-state index contributed by atoms with van der Waals surface area (Å²) in [5.41, 5.74) is 5.29. The van der Waals surface area contributed by atoms with E-state index in [2.05, 4.69) is 0 Å². The van der Waals surface area contributed by atoms with Gasteiger partial charge in [0.15, 0.2) is 5.78 Å². The zero-order chi connectivity index (χ0) is 11.4. The highest BCUT2D eigenvalue weighted by Gasteiger charge is 2.20. The highest BCUT2D eigenvalue weighted by molar-refractivity contribution is 5.98. The van der Waals surface area contributed by atoms with E-state index >= 15 is 0 Å². The molecule has 0 aliphatic rings. The van der Waals surface area contributed by atoms with Gasteiger partial charge in [-0.15, -0.1) is 0 Å². The Morgan fingerprint density at radius 2 is 2.13 bits per heavy atom. The van der Waals surface area contributed by atoms with Gasteiger partial charge in [0.2, 0.25) is 0 Å². The van der Waals surface area contributed by atoms with Crippen LogP contribution < -0.4 is 5.73 Å². The van der Waals surface area contributed by atoms with Crippen molar-refractivity contribution in [2.24, 2.45) is 11.7 Å². The summed E-state index contributed by atoms with van der Waals surface area (Å²) in [6.45, 7) is 1.98. The highest BCUT2D eigenvalue weighted by atomic mass is 19.1. The minimum absolute atomic E-state index is 0.0892. The van der Waals surface area contributed by atoms with Gasteiger partial charge in [-0.05, 0) is 18.6 Å². The molecule has 0 aliphatic heterocycles. The molecule has 0 spiro atoms. The Kier molecular flexibility index (Phi) is 3.91. The van der Waals surface area contributed by atoms with Crippen LogP contribution in [-0.2, 0) is 0 Å². The summed E-state index contributed by atoms with van der Waals surface area (Å²) >= 11 is 0. The largest absolute Gasteiger partial charge is 0.330 e. The van der Waals surface area contributed by atoms with Crippen molar-refractivity contribution < 1.29 is 13.6 Å². The van der Waals surface area contributed by atoms with Gasteiger partial charge in [-0.25, -0.2) is 8.78 Å². The van der Waals surface area contributed by atoms with Gasteiger partial charge in [0.05, 0.1) is 5.56 Å². The summed E-state index contributed by atoms with van der Waals surface area (Å²) in [4.78, 5) is 11.7. The van der Waals surface area contributed by atoms with E-state index < -0.39 is 17.6 Å². The second kappa shape index (κ2) is 4.98. The van der Waals surface area contributed by atoms with Gasteiger partial charge in [0, 0.05) is 18.5 Å². The number of nitrogens with two attached hydrogens (primary N) is 1. The molecule has 0 aromatic heterocycles. The normalized spacial score (nSPS) is 12.5. The number of carbonyl (C=O) groups is 1. The number of hydrogen-bond donors (Lipinski definition) is 1. The minimum atomic E-state index is -0.827. The Morgan fingerprint density at radius 3 is 2.60 bits per heavy atom. The van der Waals surface area contributed by atoms with E-state index in [1.807, 2.05) is 0 Å². The third-order valence-electron chi connectivity index (χ3n) is 2.34. The molecule has 1 unspecified atom stereocenters. The van der Waals surface area contributed by atoms with Crippen LogP contribution in [0.5, 0.6) is 0 Å². The van der Waals surface area contributed by atoms with Crippen molar-refractivity contribution >= 4 is 5.78 Å². The van der Waals surface area contributed by atoms with E-state index in [1.165, 1.54) is 0 Å². The van der Waals surface area contributed by atoms with Gasteiger partial charge in [0.25, 0.3) is 0 Å². The molecule has 0 amide bonds. The summed E-state index contributed by atoms with van der Waals surface area (Å²) < 4.78 is 25.8. The van der Waals surface area contributed by atoms with Crippen molar-refractivity contribution in [1.82, 2.24) is 0 Å². The second-order valence-electron chi connectivity index (χ2n) is 3.33. The molecule has 1 rings (SSSR count). The van der Waals surface area contributed by atoms with E-state index in [9.17, 15) is 13.6 Å². The zero-order valence-corrected chi connectivity index (χ0v) is 8.47. The Morgan fingerprint density at radius 1 is 1.47 bits per heavy atom. The maximum absolute atomic E-state index is 13.2. The number of hydrogen-bond acceptors (Lipinski definition) is 2. The predicted molar refractivity (Wildman–Crippen MR) is 53.5 cm³/mol. The molecule has 0 aliphatic carbocycles. The molecule has 0 fully saturated rings. The number of Topliss-reactive ketones (excluding diaryl/α,β-unsaturated/α-hetero) is 1. The zero-order valence-electron chi connectivity index (χ0n) is 8.47. The van der Waals surface area contributed by atoms with Crippen molar-refractivity contribution in [1.29, 1.82) is 0 Å². The Hall–Kier alpha value is -1.29. The summed E-state index contributed by atoms with van der Waals surface area (Å²) in [6.07, 6.45) is 0.548. The fourth-order valence-corrected chi connectivity index (χ4v) is 1.37. The van der Waals surface area contributed by atoms with Crippen LogP contribution >= 0.6 is 0 Å². The van der Waals surface area contributed by atoms with Crippen molar-refractivity contribution in [3.05, 3.63) is 35.4 Å². The monoisotopic (exact) mass is 213 g/mol. The molecule has 0 saturated heterocycles. The number of ketones is 1. The molecule has 1 aromatic carbocycles. The van der Waals surface area contributed by atoms with Crippen molar-refractivity contribution in [3.63, 3.8) is 0 Å². The van der Waals surface area contributed by atoms with Crippen LogP contribution in [0.4, 0.5) is 8.78 Å². The third-order valence-corrected chi connectivity index (χ3v) is 2.34. The fourth-order valence-electron chi connectivity index (χ4n) is 1.37. The Labute approximate surface area is 87.1 Å². The van der Waals surface area contributed by atoms with Crippen LogP contribution in [0.25, 0.3) is 0 Å². The quantitative estimate of drug-likeness (QED) is 0.778. The van der Waals surface area contributed by atoms with Gasteiger partial charge in [-0.2, -0.15) is 0 Å². The fraction of sp³-hybridized carbons (Fsp3) is 0.364. The first-order valence-corrected chi connectivity index (χ1v) is 4.79. The standard InChI is InChI=1S/C11H13F2NO/c1-2-7(6-14)11(15)9-4-3-8(12)5-10(9)13/h3-5,7H,2,6,14H2,1H3. The molecule has 1 atom stereocenters. The smallest absolute Gasteiger partial charge is 0.170 e. The average molecular weight is 213 g/mol. The average Bonchev–Trinajstić information content (AvgIpc) is 2.19. The Balaban J connectivity index is 3.00. The maximum Gasteiger partial charge on any atom is 0.170 e. The van der Waals surface area contributed by atoms with Gasteiger partial charge in [0.1, 0.15) is 11.6 Å². The van der Waals surface area contributed by atoms with E-state index in [4.69, 9.17) is 5.73 Å². The van der Waals surface area contributed by atoms with Crippen molar-refractivity contribution in [2.45, 2.75) is 13.3 Å². The van der Waals surface area contributed by atoms with Crippen LogP contribution in [-0.4, -0.2) is 12.3 Å². The molecule has 0 heterocycles. The van der Waals surface area contributed by atoms with Crippen LogP contribution in [0, 0.1) is 17.6 Å². The second-order valence-corrected chi connectivity index (χ2v) is 3.33. The SMILES string of the molecule is CCC(CN)C(=O)c1ccc(F)cc1F. The summed E-state index contributed by atoms with van der Waals surface area (Å²) in [5.74, 6) is -2.28. The van der Waals surface area contributed by atoms with Gasteiger partial charge < -0.3 is 5.73 Å². The lowest BCUT2D eigenvalue weighted by atomic mass is 9.95. The van der Waals surface area contributed by atoms with E-state index in [0.717, 1.165) is 12.1 Å². The lowest BCUT2D eigenvalue weighted by Gasteiger charge is -2.11. The number of rotatable bonds is 4. The maximum atomic E-state index is 13.2. The topological polar surface area (TPSA) is 43.1 Å². The first-order chi connectivity index (χ1) is 7.10. The Bertz CT molecular complexity index is 362. The summed E-state index contributed by atoms with van der Waals surface area (Å²) in [7, 11) is 0. The van der Waals surface area contributed by atoms with Gasteiger partial charge >= 0.3 is 0 Å². The molecule has 1 aromatic rings. The number of halogens is 2. The molecule has 15 heavy (non-hydrogen) atoms. The van der Waals surface area contributed by atoms with E-state index in [-0.39, 0.29) is 17.9 Å². The lowest BCUT2D eigenvalue weighted by Crippen LogP contribution is -2.23. The first-order valence-electron chi connectivity index (χ1n) is 4.79. The van der Waals surface area contributed by atoms with Crippen LogP contribution in [0.15, 0.2) is 18.2 Å². The van der Waals surface area contributed by atoms with Crippen molar-refractivity contribution in [3.8, 4) is 0 Å². The highest BCUT2D eigenvalue weighted by Crippen LogP contribution is 2.15. The molecule has 0 saturated carbocycles. The van der Waals surface area contributed by atoms with Gasteiger partial charge in [-0.1, -0.05) is 6.92 Å². The molecule has 4 heteroatoms. The lowest BCUT2D eigenvalue weighted by molar-refractivity contribution is 0.0917. The van der Waals surface area contributed by atoms with E-state index in [0.29, 0.717) is 12.5 Å². The summed E-state index contributed by atoms with van der Waals surface area (Å²) in [6, 6.07) is 2.93. The summed E-state index contributed by atoms with van der Waals surface area (Å²) in [5, 5.41) is 0. The van der Waals surface area contributed by atoms with Crippen molar-refractivity contribution in [2.75, 3.05) is 6.54 Å². The van der Waals surface area contributed by atoms with Crippen LogP contribution in [0.3, 0.4) is 0 Å². The molecule has 2 N–H and O–H groups in total. The molecule has 82 valence electrons. The van der Waals surface area contributed by atoms with E-state index in [1.54, 1.807) is 6.92 Å².